The van der Waals surface area contributed by atoms with Crippen LogP contribution in [0, 0.1) is 13.8 Å². The molecule has 0 fully saturated rings. The fraction of sp³-hybridized carbons (Fsp3) is 0.130. The van der Waals surface area contributed by atoms with E-state index in [1.165, 1.54) is 5.56 Å². The Morgan fingerprint density at radius 2 is 1.22 bits per heavy atom. The Morgan fingerprint density at radius 3 is 1.70 bits per heavy atom. The monoisotopic (exact) mass is 362 g/mol. The van der Waals surface area contributed by atoms with Gasteiger partial charge in [-0.3, -0.25) is 4.79 Å². The average molecular weight is 362 g/mol. The Kier molecular flexibility index (Phi) is 7.32. The second kappa shape index (κ2) is 9.92. The van der Waals surface area contributed by atoms with Crippen LogP contribution in [-0.4, -0.2) is 19.4 Å². The van der Waals surface area contributed by atoms with Crippen molar-refractivity contribution in [3.8, 4) is 11.5 Å². The lowest BCUT2D eigenvalue weighted by atomic mass is 10.1. The van der Waals surface area contributed by atoms with Crippen molar-refractivity contribution in [1.29, 1.82) is 0 Å². The van der Waals surface area contributed by atoms with Crippen molar-refractivity contribution in [3.05, 3.63) is 95.1 Å². The minimum Gasteiger partial charge on any atom is -0.497 e. The van der Waals surface area contributed by atoms with Gasteiger partial charge in [0.2, 0.25) is 0 Å². The van der Waals surface area contributed by atoms with Gasteiger partial charge in [-0.1, -0.05) is 35.4 Å². The second-order valence-corrected chi connectivity index (χ2v) is 5.96. The summed E-state index contributed by atoms with van der Waals surface area (Å²) in [5.74, 6) is 0.931. The molecule has 0 unspecified atom stereocenters. The molecular weight excluding hydrogens is 340 g/mol. The highest BCUT2D eigenvalue weighted by atomic mass is 16.5. The van der Waals surface area contributed by atoms with E-state index in [1.807, 2.05) is 43.3 Å². The van der Waals surface area contributed by atoms with Crippen LogP contribution in [0.2, 0.25) is 0 Å². The van der Waals surface area contributed by atoms with Crippen molar-refractivity contribution >= 4 is 12.3 Å². The number of carbonyl (C=O) groups excluding carboxylic acids is 2. The molecule has 0 spiro atoms. The van der Waals surface area contributed by atoms with Gasteiger partial charge in [0.05, 0.1) is 12.7 Å². The Hall–Kier alpha value is -3.40. The van der Waals surface area contributed by atoms with Crippen LogP contribution in [-0.2, 0) is 0 Å². The van der Waals surface area contributed by atoms with Crippen molar-refractivity contribution < 1.29 is 19.1 Å². The molecule has 3 rings (SSSR count). The van der Waals surface area contributed by atoms with E-state index in [-0.39, 0.29) is 0 Å². The van der Waals surface area contributed by atoms with Gasteiger partial charge in [0.15, 0.2) is 0 Å². The van der Waals surface area contributed by atoms with Crippen molar-refractivity contribution in [2.75, 3.05) is 7.11 Å². The van der Waals surface area contributed by atoms with E-state index in [0.717, 1.165) is 17.6 Å². The lowest BCUT2D eigenvalue weighted by molar-refractivity contribution is 0.0734. The summed E-state index contributed by atoms with van der Waals surface area (Å²) < 4.78 is 10.2. The van der Waals surface area contributed by atoms with Gasteiger partial charge in [-0.2, -0.15) is 0 Å². The molecule has 0 saturated heterocycles. The van der Waals surface area contributed by atoms with E-state index in [0.29, 0.717) is 16.9 Å². The molecule has 4 nitrogen and oxygen atoms in total. The molecule has 0 atom stereocenters. The fourth-order valence-corrected chi connectivity index (χ4v) is 2.14. The molecule has 27 heavy (non-hydrogen) atoms. The summed E-state index contributed by atoms with van der Waals surface area (Å²) in [5, 5.41) is 0. The summed E-state index contributed by atoms with van der Waals surface area (Å²) in [4.78, 5) is 22.3. The molecule has 0 aliphatic heterocycles. The largest absolute Gasteiger partial charge is 0.497 e. The smallest absolute Gasteiger partial charge is 0.343 e. The number of aldehydes is 1. The van der Waals surface area contributed by atoms with Crippen LogP contribution in [0.15, 0.2) is 72.8 Å². The number of esters is 1. The molecule has 0 aliphatic rings. The van der Waals surface area contributed by atoms with E-state index >= 15 is 0 Å². The Balaban J connectivity index is 0.000000244. The number of rotatable bonds is 4. The number of ether oxygens (including phenoxy) is 2. The lowest BCUT2D eigenvalue weighted by Crippen LogP contribution is -2.08. The lowest BCUT2D eigenvalue weighted by Gasteiger charge is -2.04. The Morgan fingerprint density at radius 1 is 0.741 bits per heavy atom. The molecule has 0 aromatic heterocycles. The zero-order chi connectivity index (χ0) is 19.6. The van der Waals surface area contributed by atoms with Gasteiger partial charge in [-0.15, -0.1) is 0 Å². The molecule has 4 heteroatoms. The van der Waals surface area contributed by atoms with Gasteiger partial charge in [-0.05, 0) is 62.4 Å². The van der Waals surface area contributed by atoms with Crippen LogP contribution in [0.5, 0.6) is 11.5 Å². The third-order valence-electron chi connectivity index (χ3n) is 3.77. The predicted octanol–water partition coefficient (Wildman–Crippen LogP) is 5.03. The third kappa shape index (κ3) is 6.44. The highest BCUT2D eigenvalue weighted by Crippen LogP contribution is 2.14. The van der Waals surface area contributed by atoms with Crippen LogP contribution in [0.1, 0.15) is 31.8 Å². The minimum absolute atomic E-state index is 0.408. The molecule has 0 N–H and O–H groups in total. The quantitative estimate of drug-likeness (QED) is 0.371. The summed E-state index contributed by atoms with van der Waals surface area (Å²) in [6.07, 6.45) is 0.742. The Labute approximate surface area is 159 Å². The van der Waals surface area contributed by atoms with Crippen LogP contribution < -0.4 is 9.47 Å². The topological polar surface area (TPSA) is 52.6 Å². The number of carbonyl (C=O) groups is 2. The van der Waals surface area contributed by atoms with Crippen molar-refractivity contribution in [2.24, 2.45) is 0 Å². The maximum absolute atomic E-state index is 11.8. The van der Waals surface area contributed by atoms with Gasteiger partial charge in [0, 0.05) is 5.56 Å². The molecule has 0 heterocycles. The molecule has 0 aliphatic carbocycles. The highest BCUT2D eigenvalue weighted by Gasteiger charge is 2.07. The molecule has 0 amide bonds. The molecule has 0 radical (unpaired) electrons. The molecule has 3 aromatic carbocycles. The first-order valence-corrected chi connectivity index (χ1v) is 8.46. The van der Waals surface area contributed by atoms with E-state index in [1.54, 1.807) is 43.5 Å². The van der Waals surface area contributed by atoms with E-state index in [9.17, 15) is 9.59 Å². The Bertz CT molecular complexity index is 864. The molecule has 0 saturated carbocycles. The number of aryl methyl sites for hydroxylation is 2. The predicted molar refractivity (Wildman–Crippen MR) is 106 cm³/mol. The maximum Gasteiger partial charge on any atom is 0.343 e. The van der Waals surface area contributed by atoms with E-state index in [4.69, 9.17) is 9.47 Å². The maximum atomic E-state index is 11.8. The first-order chi connectivity index (χ1) is 13.0. The normalized spacial score (nSPS) is 9.59. The standard InChI is InChI=1S/C15H12O3.C8H10O/c1-11-2-6-13(7-3-11)15(17)18-14-8-4-12(10-16)5-9-14;1-7-3-5-8(9-2)6-4-7/h2-10H,1H3;3-6H,1-2H3. The van der Waals surface area contributed by atoms with Gasteiger partial charge in [-0.25, -0.2) is 4.79 Å². The number of hydrogen-bond donors (Lipinski definition) is 0. The number of hydrogen-bond acceptors (Lipinski definition) is 4. The number of benzene rings is 3. The second-order valence-electron chi connectivity index (χ2n) is 5.96. The van der Waals surface area contributed by atoms with Crippen molar-refractivity contribution in [1.82, 2.24) is 0 Å². The zero-order valence-corrected chi connectivity index (χ0v) is 15.6. The van der Waals surface area contributed by atoms with E-state index in [2.05, 4.69) is 6.92 Å². The molecular formula is C23H22O4. The van der Waals surface area contributed by atoms with Crippen LogP contribution >= 0.6 is 0 Å². The first kappa shape index (κ1) is 19.9. The number of methoxy groups -OCH3 is 1. The SMILES string of the molecule is COc1ccc(C)cc1.Cc1ccc(C(=O)Oc2ccc(C=O)cc2)cc1. The first-order valence-electron chi connectivity index (χ1n) is 8.46. The van der Waals surface area contributed by atoms with Gasteiger partial charge in [0.25, 0.3) is 0 Å². The molecule has 0 bridgehead atoms. The average Bonchev–Trinajstić information content (AvgIpc) is 2.70. The summed E-state index contributed by atoms with van der Waals surface area (Å²) >= 11 is 0. The zero-order valence-electron chi connectivity index (χ0n) is 15.6. The van der Waals surface area contributed by atoms with Gasteiger partial charge in [0.1, 0.15) is 17.8 Å². The molecule has 3 aromatic rings. The van der Waals surface area contributed by atoms with Gasteiger partial charge >= 0.3 is 5.97 Å². The summed E-state index contributed by atoms with van der Waals surface area (Å²) in [6, 6.07) is 21.5. The third-order valence-corrected chi connectivity index (χ3v) is 3.77. The fourth-order valence-electron chi connectivity index (χ4n) is 2.14. The molecule has 138 valence electrons. The van der Waals surface area contributed by atoms with Crippen LogP contribution in [0.25, 0.3) is 0 Å². The summed E-state index contributed by atoms with van der Waals surface area (Å²) in [7, 11) is 1.67. The minimum atomic E-state index is -0.408. The van der Waals surface area contributed by atoms with Gasteiger partial charge < -0.3 is 9.47 Å². The highest BCUT2D eigenvalue weighted by molar-refractivity contribution is 5.91. The van der Waals surface area contributed by atoms with Crippen molar-refractivity contribution in [2.45, 2.75) is 13.8 Å². The van der Waals surface area contributed by atoms with Crippen LogP contribution in [0.3, 0.4) is 0 Å². The van der Waals surface area contributed by atoms with E-state index < -0.39 is 5.97 Å². The summed E-state index contributed by atoms with van der Waals surface area (Å²) in [6.45, 7) is 4.01. The van der Waals surface area contributed by atoms with Crippen LogP contribution in [0.4, 0.5) is 0 Å². The summed E-state index contributed by atoms with van der Waals surface area (Å²) in [5.41, 5.74) is 3.39. The van der Waals surface area contributed by atoms with Crippen molar-refractivity contribution in [3.63, 3.8) is 0 Å².